The molecule has 2 rings (SSSR count). The molecule has 110 valence electrons. The van der Waals surface area contributed by atoms with Gasteiger partial charge in [0, 0.05) is 18.6 Å². The molecule has 2 aliphatic carbocycles. The third-order valence-electron chi connectivity index (χ3n) is 3.46. The highest BCUT2D eigenvalue weighted by molar-refractivity contribution is 5.73. The summed E-state index contributed by atoms with van der Waals surface area (Å²) in [5.74, 6) is -0.977. The second kappa shape index (κ2) is 5.66. The standard InChI is InChI=1S/C12H19F3N2O2/c13-12(14,15)7-17(9-3-4-9)6-5-10(11(18)19)16-8-1-2-8/h8-10,16H,1-7H2,(H,18,19). The summed E-state index contributed by atoms with van der Waals surface area (Å²) < 4.78 is 37.3. The van der Waals surface area contributed by atoms with Crippen molar-refractivity contribution in [2.45, 2.75) is 56.4 Å². The summed E-state index contributed by atoms with van der Waals surface area (Å²) in [6, 6.07) is -0.517. The molecule has 0 amide bonds. The number of nitrogens with zero attached hydrogens (tertiary/aromatic N) is 1. The maximum Gasteiger partial charge on any atom is 0.401 e. The molecule has 2 saturated carbocycles. The molecule has 0 aromatic heterocycles. The summed E-state index contributed by atoms with van der Waals surface area (Å²) in [5, 5.41) is 12.0. The molecule has 0 heterocycles. The first-order chi connectivity index (χ1) is 8.85. The average molecular weight is 280 g/mol. The quantitative estimate of drug-likeness (QED) is 0.709. The zero-order valence-corrected chi connectivity index (χ0v) is 10.6. The van der Waals surface area contributed by atoms with Crippen LogP contribution in [0, 0.1) is 0 Å². The van der Waals surface area contributed by atoms with E-state index in [9.17, 15) is 18.0 Å². The van der Waals surface area contributed by atoms with Crippen molar-refractivity contribution in [3.05, 3.63) is 0 Å². The monoisotopic (exact) mass is 280 g/mol. The van der Waals surface area contributed by atoms with Gasteiger partial charge in [0.05, 0.1) is 6.54 Å². The van der Waals surface area contributed by atoms with Crippen LogP contribution < -0.4 is 5.32 Å². The predicted molar refractivity (Wildman–Crippen MR) is 62.8 cm³/mol. The van der Waals surface area contributed by atoms with Gasteiger partial charge < -0.3 is 10.4 Å². The maximum atomic E-state index is 12.4. The Hall–Kier alpha value is -0.820. The number of hydrogen-bond acceptors (Lipinski definition) is 3. The summed E-state index contributed by atoms with van der Waals surface area (Å²) in [4.78, 5) is 12.4. The SMILES string of the molecule is O=C(O)C(CCN(CC(F)(F)F)C1CC1)NC1CC1. The summed E-state index contributed by atoms with van der Waals surface area (Å²) >= 11 is 0. The highest BCUT2D eigenvalue weighted by Gasteiger charge is 2.38. The fraction of sp³-hybridized carbons (Fsp3) is 0.917. The fourth-order valence-electron chi connectivity index (χ4n) is 2.17. The van der Waals surface area contributed by atoms with Gasteiger partial charge >= 0.3 is 12.1 Å². The molecule has 7 heteroatoms. The molecule has 0 aromatic carbocycles. The molecule has 2 fully saturated rings. The Balaban J connectivity index is 1.80. The van der Waals surface area contributed by atoms with Gasteiger partial charge in [-0.15, -0.1) is 0 Å². The number of carboxylic acid groups (broad SMARTS) is 1. The third kappa shape index (κ3) is 5.36. The molecular weight excluding hydrogens is 261 g/mol. The molecule has 4 nitrogen and oxygen atoms in total. The van der Waals surface area contributed by atoms with E-state index in [-0.39, 0.29) is 25.0 Å². The van der Waals surface area contributed by atoms with Gasteiger partial charge in [0.2, 0.25) is 0 Å². The number of hydrogen-bond donors (Lipinski definition) is 2. The normalized spacial score (nSPS) is 21.7. The van der Waals surface area contributed by atoms with Gasteiger partial charge in [-0.25, -0.2) is 0 Å². The Morgan fingerprint density at radius 2 is 1.95 bits per heavy atom. The van der Waals surface area contributed by atoms with Crippen molar-refractivity contribution in [3.63, 3.8) is 0 Å². The highest BCUT2D eigenvalue weighted by atomic mass is 19.4. The maximum absolute atomic E-state index is 12.4. The van der Waals surface area contributed by atoms with Gasteiger partial charge in [0.25, 0.3) is 0 Å². The number of alkyl halides is 3. The molecule has 0 bridgehead atoms. The molecule has 0 radical (unpaired) electrons. The Kier molecular flexibility index (Phi) is 4.35. The third-order valence-corrected chi connectivity index (χ3v) is 3.46. The second-order valence-corrected chi connectivity index (χ2v) is 5.44. The number of rotatable bonds is 8. The Morgan fingerprint density at radius 1 is 1.32 bits per heavy atom. The average Bonchev–Trinajstić information content (AvgIpc) is 3.13. The summed E-state index contributed by atoms with van der Waals surface area (Å²) in [6.45, 7) is -0.756. The molecular formula is C12H19F3N2O2. The summed E-state index contributed by atoms with van der Waals surface area (Å²) in [6.07, 6.45) is -0.519. The lowest BCUT2D eigenvalue weighted by Gasteiger charge is -2.25. The van der Waals surface area contributed by atoms with Gasteiger partial charge in [0.1, 0.15) is 6.04 Å². The molecule has 19 heavy (non-hydrogen) atoms. The van der Waals surface area contributed by atoms with Gasteiger partial charge in [-0.3, -0.25) is 9.69 Å². The van der Waals surface area contributed by atoms with E-state index in [4.69, 9.17) is 5.11 Å². The van der Waals surface area contributed by atoms with Crippen molar-refractivity contribution in [3.8, 4) is 0 Å². The van der Waals surface area contributed by atoms with Gasteiger partial charge in [-0.05, 0) is 32.1 Å². The van der Waals surface area contributed by atoms with E-state index in [0.29, 0.717) is 0 Å². The van der Waals surface area contributed by atoms with Crippen LogP contribution in [-0.4, -0.2) is 53.4 Å². The van der Waals surface area contributed by atoms with E-state index in [1.54, 1.807) is 0 Å². The molecule has 1 atom stereocenters. The van der Waals surface area contributed by atoms with Crippen LogP contribution in [0.5, 0.6) is 0 Å². The molecule has 0 aliphatic heterocycles. The van der Waals surface area contributed by atoms with Crippen LogP contribution in [0.3, 0.4) is 0 Å². The molecule has 2 aliphatic rings. The van der Waals surface area contributed by atoms with Crippen molar-refractivity contribution >= 4 is 5.97 Å². The number of halogens is 3. The lowest BCUT2D eigenvalue weighted by Crippen LogP contribution is -2.43. The Morgan fingerprint density at radius 3 is 2.37 bits per heavy atom. The number of aliphatic carboxylic acids is 1. The largest absolute Gasteiger partial charge is 0.480 e. The van der Waals surface area contributed by atoms with E-state index in [2.05, 4.69) is 5.32 Å². The number of nitrogens with one attached hydrogen (secondary N) is 1. The van der Waals surface area contributed by atoms with Gasteiger partial charge in [-0.2, -0.15) is 13.2 Å². The first-order valence-electron chi connectivity index (χ1n) is 6.65. The number of carboxylic acids is 1. The van der Waals surface area contributed by atoms with Crippen LogP contribution >= 0.6 is 0 Å². The fourth-order valence-corrected chi connectivity index (χ4v) is 2.17. The van der Waals surface area contributed by atoms with E-state index in [1.807, 2.05) is 0 Å². The summed E-state index contributed by atoms with van der Waals surface area (Å²) in [7, 11) is 0. The predicted octanol–water partition coefficient (Wildman–Crippen LogP) is 1.61. The Bertz CT molecular complexity index is 327. The van der Waals surface area contributed by atoms with E-state index < -0.39 is 24.7 Å². The van der Waals surface area contributed by atoms with Crippen LogP contribution in [0.25, 0.3) is 0 Å². The topological polar surface area (TPSA) is 52.6 Å². The molecule has 2 N–H and O–H groups in total. The number of carbonyl (C=O) groups is 1. The van der Waals surface area contributed by atoms with Gasteiger partial charge in [-0.1, -0.05) is 0 Å². The van der Waals surface area contributed by atoms with Crippen molar-refractivity contribution in [2.24, 2.45) is 0 Å². The van der Waals surface area contributed by atoms with Crippen LogP contribution in [0.4, 0.5) is 13.2 Å². The van der Waals surface area contributed by atoms with Crippen molar-refractivity contribution in [1.82, 2.24) is 10.2 Å². The lowest BCUT2D eigenvalue weighted by molar-refractivity contribution is -0.148. The van der Waals surface area contributed by atoms with Crippen molar-refractivity contribution in [1.29, 1.82) is 0 Å². The zero-order valence-electron chi connectivity index (χ0n) is 10.6. The van der Waals surface area contributed by atoms with Crippen LogP contribution in [-0.2, 0) is 4.79 Å². The molecule has 0 aromatic rings. The van der Waals surface area contributed by atoms with Crippen molar-refractivity contribution < 1.29 is 23.1 Å². The first-order valence-corrected chi connectivity index (χ1v) is 6.65. The van der Waals surface area contributed by atoms with Crippen LogP contribution in [0.1, 0.15) is 32.1 Å². The van der Waals surface area contributed by atoms with Crippen molar-refractivity contribution in [2.75, 3.05) is 13.1 Å². The minimum atomic E-state index is -4.22. The first kappa shape index (κ1) is 14.6. The second-order valence-electron chi connectivity index (χ2n) is 5.44. The Labute approximate surface area is 110 Å². The minimum Gasteiger partial charge on any atom is -0.480 e. The smallest absolute Gasteiger partial charge is 0.401 e. The zero-order chi connectivity index (χ0) is 14.0. The molecule has 1 unspecified atom stereocenters. The van der Waals surface area contributed by atoms with E-state index >= 15 is 0 Å². The van der Waals surface area contributed by atoms with E-state index in [0.717, 1.165) is 25.7 Å². The minimum absolute atomic E-state index is 0.0167. The van der Waals surface area contributed by atoms with Crippen LogP contribution in [0.15, 0.2) is 0 Å². The summed E-state index contributed by atoms with van der Waals surface area (Å²) in [5.41, 5.74) is 0. The molecule has 0 spiro atoms. The highest BCUT2D eigenvalue weighted by Crippen LogP contribution is 2.30. The molecule has 0 saturated heterocycles. The van der Waals surface area contributed by atoms with E-state index in [1.165, 1.54) is 4.90 Å². The lowest BCUT2D eigenvalue weighted by atomic mass is 10.2. The van der Waals surface area contributed by atoms with Gasteiger partial charge in [0.15, 0.2) is 0 Å². The van der Waals surface area contributed by atoms with Crippen LogP contribution in [0.2, 0.25) is 0 Å².